The second kappa shape index (κ2) is 4.91. The fourth-order valence-electron chi connectivity index (χ4n) is 1.02. The topological polar surface area (TPSA) is 21.3 Å². The fourth-order valence-corrected chi connectivity index (χ4v) is 1.02. The van der Waals surface area contributed by atoms with Crippen molar-refractivity contribution in [3.8, 4) is 0 Å². The molecule has 1 aromatic carbocycles. The number of nitrogens with one attached hydrogen (secondary N) is 1. The van der Waals surface area contributed by atoms with Gasteiger partial charge < -0.3 is 4.84 Å². The van der Waals surface area contributed by atoms with Gasteiger partial charge in [0.1, 0.15) is 0 Å². The predicted molar refractivity (Wildman–Crippen MR) is 49.6 cm³/mol. The highest BCUT2D eigenvalue weighted by molar-refractivity contribution is 5.17. The maximum atomic E-state index is 5.10. The van der Waals surface area contributed by atoms with Crippen LogP contribution in [0.5, 0.6) is 0 Å². The van der Waals surface area contributed by atoms with Crippen molar-refractivity contribution in [2.45, 2.75) is 19.9 Å². The zero-order valence-electron chi connectivity index (χ0n) is 7.58. The van der Waals surface area contributed by atoms with Crippen molar-refractivity contribution in [3.05, 3.63) is 35.9 Å². The van der Waals surface area contributed by atoms with E-state index < -0.39 is 0 Å². The summed E-state index contributed by atoms with van der Waals surface area (Å²) in [5.74, 6) is 0. The van der Waals surface area contributed by atoms with E-state index in [1.807, 2.05) is 25.1 Å². The molecule has 0 aliphatic heterocycles. The van der Waals surface area contributed by atoms with E-state index in [1.165, 1.54) is 5.56 Å². The minimum absolute atomic E-state index is 0.256. The number of hydroxylamine groups is 1. The summed E-state index contributed by atoms with van der Waals surface area (Å²) in [6, 6.07) is 10.5. The molecule has 0 amide bonds. The average molecular weight is 165 g/mol. The minimum Gasteiger partial charge on any atom is -0.302 e. The monoisotopic (exact) mass is 165 g/mol. The van der Waals surface area contributed by atoms with Crippen molar-refractivity contribution in [1.82, 2.24) is 5.48 Å². The summed E-state index contributed by atoms with van der Waals surface area (Å²) in [7, 11) is 0. The Labute approximate surface area is 73.5 Å². The largest absolute Gasteiger partial charge is 0.302 e. The Hall–Kier alpha value is -0.860. The van der Waals surface area contributed by atoms with E-state index in [1.54, 1.807) is 0 Å². The lowest BCUT2D eigenvalue weighted by molar-refractivity contribution is 0.0285. The second-order valence-electron chi connectivity index (χ2n) is 2.68. The van der Waals surface area contributed by atoms with E-state index in [4.69, 9.17) is 4.84 Å². The molecular formula is C10H15NO. The van der Waals surface area contributed by atoms with Crippen molar-refractivity contribution in [1.29, 1.82) is 0 Å². The van der Waals surface area contributed by atoms with Crippen molar-refractivity contribution >= 4 is 0 Å². The summed E-state index contributed by atoms with van der Waals surface area (Å²) in [6.45, 7) is 4.73. The lowest BCUT2D eigenvalue weighted by Gasteiger charge is -2.12. The van der Waals surface area contributed by atoms with Crippen LogP contribution in [0.25, 0.3) is 0 Å². The minimum atomic E-state index is 0.256. The lowest BCUT2D eigenvalue weighted by Crippen LogP contribution is -2.18. The molecule has 1 unspecified atom stereocenters. The van der Waals surface area contributed by atoms with Gasteiger partial charge in [-0.1, -0.05) is 30.3 Å². The molecule has 0 fully saturated rings. The first-order valence-corrected chi connectivity index (χ1v) is 4.27. The average Bonchev–Trinajstić information content (AvgIpc) is 2.15. The van der Waals surface area contributed by atoms with Crippen LogP contribution < -0.4 is 5.48 Å². The maximum Gasteiger partial charge on any atom is 0.0654 e. The summed E-state index contributed by atoms with van der Waals surface area (Å²) in [6.07, 6.45) is 0. The van der Waals surface area contributed by atoms with Gasteiger partial charge in [0, 0.05) is 0 Å². The number of benzene rings is 1. The third kappa shape index (κ3) is 2.64. The van der Waals surface area contributed by atoms with E-state index in [2.05, 4.69) is 24.5 Å². The molecule has 66 valence electrons. The molecule has 0 aromatic heterocycles. The van der Waals surface area contributed by atoms with Crippen LogP contribution in [0.15, 0.2) is 30.3 Å². The molecule has 0 aliphatic rings. The van der Waals surface area contributed by atoms with Crippen molar-refractivity contribution in [2.24, 2.45) is 0 Å². The standard InChI is InChI=1S/C10H15NO/c1-3-12-11-9(2)10-7-5-4-6-8-10/h4-9,11H,3H2,1-2H3. The molecule has 0 aliphatic carbocycles. The molecule has 2 heteroatoms. The van der Waals surface area contributed by atoms with Gasteiger partial charge in [-0.25, -0.2) is 0 Å². The van der Waals surface area contributed by atoms with Gasteiger partial charge in [-0.15, -0.1) is 0 Å². The van der Waals surface area contributed by atoms with Crippen LogP contribution in [0.3, 0.4) is 0 Å². The van der Waals surface area contributed by atoms with Crippen molar-refractivity contribution < 1.29 is 4.84 Å². The van der Waals surface area contributed by atoms with Crippen LogP contribution in [0.2, 0.25) is 0 Å². The second-order valence-corrected chi connectivity index (χ2v) is 2.68. The Balaban J connectivity index is 2.48. The number of hydrogen-bond acceptors (Lipinski definition) is 2. The molecule has 1 rings (SSSR count). The zero-order valence-corrected chi connectivity index (χ0v) is 7.58. The molecule has 1 atom stereocenters. The molecule has 12 heavy (non-hydrogen) atoms. The summed E-state index contributed by atoms with van der Waals surface area (Å²) >= 11 is 0. The Morgan fingerprint density at radius 3 is 2.58 bits per heavy atom. The summed E-state index contributed by atoms with van der Waals surface area (Å²) in [5, 5.41) is 0. The molecule has 0 saturated heterocycles. The van der Waals surface area contributed by atoms with Gasteiger partial charge >= 0.3 is 0 Å². The van der Waals surface area contributed by atoms with Crippen LogP contribution >= 0.6 is 0 Å². The van der Waals surface area contributed by atoms with E-state index in [9.17, 15) is 0 Å². The highest BCUT2D eigenvalue weighted by Crippen LogP contribution is 2.10. The van der Waals surface area contributed by atoms with Crippen molar-refractivity contribution in [2.75, 3.05) is 6.61 Å². The van der Waals surface area contributed by atoms with E-state index in [0.29, 0.717) is 6.61 Å². The van der Waals surface area contributed by atoms with Gasteiger partial charge in [0.05, 0.1) is 12.6 Å². The SMILES string of the molecule is CCONC(C)c1ccccc1. The van der Waals surface area contributed by atoms with Crippen LogP contribution in [0.4, 0.5) is 0 Å². The summed E-state index contributed by atoms with van der Waals surface area (Å²) in [4.78, 5) is 5.10. The summed E-state index contributed by atoms with van der Waals surface area (Å²) in [5.41, 5.74) is 4.19. The van der Waals surface area contributed by atoms with Crippen LogP contribution in [0.1, 0.15) is 25.5 Å². The Bertz CT molecular complexity index is 210. The third-order valence-electron chi connectivity index (χ3n) is 1.70. The van der Waals surface area contributed by atoms with Crippen LogP contribution in [0, 0.1) is 0 Å². The number of hydrogen-bond donors (Lipinski definition) is 1. The normalized spacial score (nSPS) is 12.8. The molecular weight excluding hydrogens is 150 g/mol. The van der Waals surface area contributed by atoms with Crippen molar-refractivity contribution in [3.63, 3.8) is 0 Å². The Morgan fingerprint density at radius 2 is 2.00 bits per heavy atom. The maximum absolute atomic E-state index is 5.10. The highest BCUT2D eigenvalue weighted by atomic mass is 16.6. The molecule has 0 radical (unpaired) electrons. The van der Waals surface area contributed by atoms with E-state index in [0.717, 1.165) is 0 Å². The Morgan fingerprint density at radius 1 is 1.33 bits per heavy atom. The Kier molecular flexibility index (Phi) is 3.77. The molecule has 1 aromatic rings. The lowest BCUT2D eigenvalue weighted by atomic mass is 10.1. The first kappa shape index (κ1) is 9.23. The van der Waals surface area contributed by atoms with E-state index >= 15 is 0 Å². The van der Waals surface area contributed by atoms with Crippen LogP contribution in [-0.4, -0.2) is 6.61 Å². The van der Waals surface area contributed by atoms with Gasteiger partial charge in [-0.3, -0.25) is 0 Å². The summed E-state index contributed by atoms with van der Waals surface area (Å²) < 4.78 is 0. The zero-order chi connectivity index (χ0) is 8.81. The van der Waals surface area contributed by atoms with Gasteiger partial charge in [0.25, 0.3) is 0 Å². The smallest absolute Gasteiger partial charge is 0.0654 e. The van der Waals surface area contributed by atoms with E-state index in [-0.39, 0.29) is 6.04 Å². The number of rotatable bonds is 4. The predicted octanol–water partition coefficient (Wildman–Crippen LogP) is 2.29. The fraction of sp³-hybridized carbons (Fsp3) is 0.400. The van der Waals surface area contributed by atoms with Gasteiger partial charge in [-0.2, -0.15) is 5.48 Å². The molecule has 2 nitrogen and oxygen atoms in total. The highest BCUT2D eigenvalue weighted by Gasteiger charge is 2.01. The van der Waals surface area contributed by atoms with Gasteiger partial charge in [0.2, 0.25) is 0 Å². The molecule has 0 heterocycles. The van der Waals surface area contributed by atoms with Gasteiger partial charge in [0.15, 0.2) is 0 Å². The first-order chi connectivity index (χ1) is 5.84. The molecule has 0 saturated carbocycles. The molecule has 0 spiro atoms. The molecule has 0 bridgehead atoms. The quantitative estimate of drug-likeness (QED) is 0.691. The first-order valence-electron chi connectivity index (χ1n) is 4.27. The van der Waals surface area contributed by atoms with Crippen LogP contribution in [-0.2, 0) is 4.84 Å². The van der Waals surface area contributed by atoms with Gasteiger partial charge in [-0.05, 0) is 19.4 Å². The molecule has 1 N–H and O–H groups in total. The third-order valence-corrected chi connectivity index (χ3v) is 1.70.